The third kappa shape index (κ3) is 4.11. The number of rotatable bonds is 5. The summed E-state index contributed by atoms with van der Waals surface area (Å²) < 4.78 is 5.10. The SMILES string of the molecule is CCOC(=O)c1c(NC(=O)c2cccc(C)c2)sc(C(=O)N(C)C)c1C. The normalized spacial score (nSPS) is 10.3. The fourth-order valence-electron chi connectivity index (χ4n) is 2.42. The van der Waals surface area contributed by atoms with E-state index in [1.807, 2.05) is 13.0 Å². The van der Waals surface area contributed by atoms with Crippen LogP contribution in [0.5, 0.6) is 0 Å². The number of hydrogen-bond donors (Lipinski definition) is 1. The largest absolute Gasteiger partial charge is 0.462 e. The van der Waals surface area contributed by atoms with Crippen molar-refractivity contribution in [3.8, 4) is 0 Å². The van der Waals surface area contributed by atoms with Crippen molar-refractivity contribution in [2.24, 2.45) is 0 Å². The number of carbonyl (C=O) groups is 3. The van der Waals surface area contributed by atoms with E-state index >= 15 is 0 Å². The van der Waals surface area contributed by atoms with E-state index in [1.165, 1.54) is 4.90 Å². The lowest BCUT2D eigenvalue weighted by Crippen LogP contribution is -2.21. The number of hydrogen-bond acceptors (Lipinski definition) is 5. The predicted octanol–water partition coefficient (Wildman–Crippen LogP) is 3.50. The molecule has 7 heteroatoms. The Bertz CT molecular complexity index is 855. The number of aryl methyl sites for hydroxylation is 1. The summed E-state index contributed by atoms with van der Waals surface area (Å²) in [6, 6.07) is 7.13. The third-order valence-electron chi connectivity index (χ3n) is 3.73. The second kappa shape index (κ2) is 8.14. The van der Waals surface area contributed by atoms with Crippen molar-refractivity contribution in [1.29, 1.82) is 0 Å². The molecule has 1 N–H and O–H groups in total. The number of benzene rings is 1. The molecule has 2 amide bonds. The van der Waals surface area contributed by atoms with Crippen molar-refractivity contribution in [2.45, 2.75) is 20.8 Å². The summed E-state index contributed by atoms with van der Waals surface area (Å²) in [6.07, 6.45) is 0. The molecule has 1 aromatic heterocycles. The van der Waals surface area contributed by atoms with Gasteiger partial charge in [-0.3, -0.25) is 9.59 Å². The maximum atomic E-state index is 12.6. The molecule has 1 aromatic carbocycles. The van der Waals surface area contributed by atoms with E-state index in [-0.39, 0.29) is 24.0 Å². The van der Waals surface area contributed by atoms with Crippen LogP contribution in [0.4, 0.5) is 5.00 Å². The number of amides is 2. The highest BCUT2D eigenvalue weighted by molar-refractivity contribution is 7.18. The van der Waals surface area contributed by atoms with Gasteiger partial charge in [-0.1, -0.05) is 17.7 Å². The minimum absolute atomic E-state index is 0.205. The minimum Gasteiger partial charge on any atom is -0.462 e. The molecule has 2 rings (SSSR count). The number of nitrogens with zero attached hydrogens (tertiary/aromatic N) is 1. The van der Waals surface area contributed by atoms with E-state index in [4.69, 9.17) is 4.74 Å². The van der Waals surface area contributed by atoms with Crippen LogP contribution >= 0.6 is 11.3 Å². The molecule has 1 heterocycles. The van der Waals surface area contributed by atoms with Crippen molar-refractivity contribution in [1.82, 2.24) is 4.90 Å². The first kappa shape index (κ1) is 19.7. The molecule has 0 aliphatic carbocycles. The van der Waals surface area contributed by atoms with Gasteiger partial charge in [0.15, 0.2) is 0 Å². The first-order valence-electron chi connectivity index (χ1n) is 8.16. The summed E-state index contributed by atoms with van der Waals surface area (Å²) in [5.41, 5.74) is 2.16. The highest BCUT2D eigenvalue weighted by Gasteiger charge is 2.27. The lowest BCUT2D eigenvalue weighted by atomic mass is 10.1. The Labute approximate surface area is 156 Å². The molecule has 0 aliphatic rings. The predicted molar refractivity (Wildman–Crippen MR) is 102 cm³/mol. The molecule has 0 unspecified atom stereocenters. The summed E-state index contributed by atoms with van der Waals surface area (Å²) in [6.45, 7) is 5.48. The summed E-state index contributed by atoms with van der Waals surface area (Å²) in [5, 5.41) is 3.07. The average Bonchev–Trinajstić information content (AvgIpc) is 2.90. The number of nitrogens with one attached hydrogen (secondary N) is 1. The molecule has 0 atom stereocenters. The quantitative estimate of drug-likeness (QED) is 0.813. The average molecular weight is 374 g/mol. The number of esters is 1. The summed E-state index contributed by atoms with van der Waals surface area (Å²) in [4.78, 5) is 39.2. The van der Waals surface area contributed by atoms with Crippen LogP contribution in [0.1, 0.15) is 48.4 Å². The van der Waals surface area contributed by atoms with E-state index < -0.39 is 5.97 Å². The minimum atomic E-state index is -0.557. The first-order chi connectivity index (χ1) is 12.3. The fraction of sp³-hybridized carbons (Fsp3) is 0.316. The molecule has 0 radical (unpaired) electrons. The van der Waals surface area contributed by atoms with Gasteiger partial charge in [-0.2, -0.15) is 0 Å². The van der Waals surface area contributed by atoms with Crippen molar-refractivity contribution in [3.05, 3.63) is 51.4 Å². The van der Waals surface area contributed by atoms with Gasteiger partial charge < -0.3 is 15.0 Å². The van der Waals surface area contributed by atoms with E-state index in [0.29, 0.717) is 21.0 Å². The van der Waals surface area contributed by atoms with Crippen molar-refractivity contribution in [2.75, 3.05) is 26.0 Å². The molecular formula is C19H22N2O4S. The van der Waals surface area contributed by atoms with Crippen molar-refractivity contribution >= 4 is 34.1 Å². The van der Waals surface area contributed by atoms with Gasteiger partial charge in [0.1, 0.15) is 5.00 Å². The number of carbonyl (C=O) groups excluding carboxylic acids is 3. The Hall–Kier alpha value is -2.67. The van der Waals surface area contributed by atoms with Gasteiger partial charge in [-0.25, -0.2) is 4.79 Å². The molecule has 0 bridgehead atoms. The topological polar surface area (TPSA) is 75.7 Å². The van der Waals surface area contributed by atoms with E-state index in [0.717, 1.165) is 16.9 Å². The number of thiophene rings is 1. The van der Waals surface area contributed by atoms with E-state index in [2.05, 4.69) is 5.32 Å². The van der Waals surface area contributed by atoms with Crippen LogP contribution in [0.15, 0.2) is 24.3 Å². The standard InChI is InChI=1S/C19H22N2O4S/c1-6-25-19(24)14-12(3)15(18(23)21(4)5)26-17(14)20-16(22)13-9-7-8-11(2)10-13/h7-10H,6H2,1-5H3,(H,20,22). The molecule has 26 heavy (non-hydrogen) atoms. The highest BCUT2D eigenvalue weighted by Crippen LogP contribution is 2.34. The lowest BCUT2D eigenvalue weighted by Gasteiger charge is -2.09. The highest BCUT2D eigenvalue weighted by atomic mass is 32.1. The summed E-state index contributed by atoms with van der Waals surface area (Å²) in [7, 11) is 3.27. The molecule has 138 valence electrons. The smallest absolute Gasteiger partial charge is 0.341 e. The first-order valence-corrected chi connectivity index (χ1v) is 8.98. The van der Waals surface area contributed by atoms with Gasteiger partial charge >= 0.3 is 5.97 Å². The Morgan fingerprint density at radius 2 is 1.88 bits per heavy atom. The maximum Gasteiger partial charge on any atom is 0.341 e. The number of ether oxygens (including phenoxy) is 1. The monoisotopic (exact) mass is 374 g/mol. The van der Waals surface area contributed by atoms with Gasteiger partial charge in [0, 0.05) is 19.7 Å². The zero-order valence-corrected chi connectivity index (χ0v) is 16.3. The van der Waals surface area contributed by atoms with Crippen LogP contribution in [0.25, 0.3) is 0 Å². The van der Waals surface area contributed by atoms with Crippen LogP contribution in [0, 0.1) is 13.8 Å². The molecule has 6 nitrogen and oxygen atoms in total. The fourth-order valence-corrected chi connectivity index (χ4v) is 3.63. The Morgan fingerprint density at radius 1 is 1.19 bits per heavy atom. The van der Waals surface area contributed by atoms with Crippen LogP contribution in [-0.2, 0) is 4.74 Å². The second-order valence-electron chi connectivity index (χ2n) is 6.00. The van der Waals surface area contributed by atoms with Crippen LogP contribution in [-0.4, -0.2) is 43.4 Å². The van der Waals surface area contributed by atoms with Gasteiger partial charge in [-0.15, -0.1) is 11.3 Å². The van der Waals surface area contributed by atoms with E-state index in [1.54, 1.807) is 46.1 Å². The van der Waals surface area contributed by atoms with Crippen LogP contribution in [0.2, 0.25) is 0 Å². The lowest BCUT2D eigenvalue weighted by molar-refractivity contribution is 0.0527. The Morgan fingerprint density at radius 3 is 2.46 bits per heavy atom. The summed E-state index contributed by atoms with van der Waals surface area (Å²) in [5.74, 6) is -1.13. The van der Waals surface area contributed by atoms with Crippen molar-refractivity contribution < 1.29 is 19.1 Å². The van der Waals surface area contributed by atoms with Gasteiger partial charge in [0.25, 0.3) is 11.8 Å². The van der Waals surface area contributed by atoms with Gasteiger partial charge in [-0.05, 0) is 38.5 Å². The molecule has 0 saturated carbocycles. The van der Waals surface area contributed by atoms with Crippen LogP contribution < -0.4 is 5.32 Å². The van der Waals surface area contributed by atoms with Gasteiger partial charge in [0.2, 0.25) is 0 Å². The number of anilines is 1. The maximum absolute atomic E-state index is 12.6. The van der Waals surface area contributed by atoms with Crippen molar-refractivity contribution in [3.63, 3.8) is 0 Å². The Balaban J connectivity index is 2.45. The molecule has 0 spiro atoms. The molecule has 0 saturated heterocycles. The van der Waals surface area contributed by atoms with E-state index in [9.17, 15) is 14.4 Å². The van der Waals surface area contributed by atoms with Gasteiger partial charge in [0.05, 0.1) is 17.0 Å². The molecule has 0 aliphatic heterocycles. The zero-order valence-electron chi connectivity index (χ0n) is 15.5. The summed E-state index contributed by atoms with van der Waals surface area (Å²) >= 11 is 1.08. The zero-order chi connectivity index (χ0) is 19.4. The molecular weight excluding hydrogens is 352 g/mol. The van der Waals surface area contributed by atoms with Crippen LogP contribution in [0.3, 0.4) is 0 Å². The third-order valence-corrected chi connectivity index (χ3v) is 4.93. The second-order valence-corrected chi connectivity index (χ2v) is 7.02. The molecule has 2 aromatic rings. The Kier molecular flexibility index (Phi) is 6.15. The molecule has 0 fully saturated rings.